The lowest BCUT2D eigenvalue weighted by molar-refractivity contribution is 1.52. The summed E-state index contributed by atoms with van der Waals surface area (Å²) in [7, 11) is 5.38. The normalized spacial score (nSPS) is 13.6. The van der Waals surface area contributed by atoms with E-state index >= 15 is 0 Å². The topological polar surface area (TPSA) is 0 Å². The molecule has 0 N–H and O–H groups in total. The van der Waals surface area contributed by atoms with Gasteiger partial charge in [0.25, 0.3) is 0 Å². The molecular weight excluding hydrogens is 107 g/mol. The summed E-state index contributed by atoms with van der Waals surface area (Å²) in [4.78, 5) is 0. The van der Waals surface area contributed by atoms with Crippen LogP contribution in [-0.2, 0) is 0 Å². The Kier molecular flexibility index (Phi) is 3.86. The lowest BCUT2D eigenvalue weighted by Gasteiger charge is -1.86. The summed E-state index contributed by atoms with van der Waals surface area (Å²) < 4.78 is 0. The van der Waals surface area contributed by atoms with Crippen LogP contribution in [0.25, 0.3) is 0 Å². The van der Waals surface area contributed by atoms with Gasteiger partial charge in [-0.3, -0.25) is 0 Å². The van der Waals surface area contributed by atoms with E-state index in [9.17, 15) is 0 Å². The van der Waals surface area contributed by atoms with Crippen molar-refractivity contribution in [1.29, 1.82) is 0 Å². The van der Waals surface area contributed by atoms with Crippen molar-refractivity contribution >= 4 is 7.85 Å². The largest absolute Gasteiger partial charge is 0.121 e. The first kappa shape index (κ1) is 8.28. The summed E-state index contributed by atoms with van der Waals surface area (Å²) >= 11 is 0. The van der Waals surface area contributed by atoms with Gasteiger partial charge in [-0.1, -0.05) is 37.3 Å². The third kappa shape index (κ3) is 5.15. The molecule has 46 valence electrons. The highest BCUT2D eigenvalue weighted by Crippen LogP contribution is 1.94. The maximum absolute atomic E-state index is 5.38. The van der Waals surface area contributed by atoms with Gasteiger partial charge in [0.2, 0.25) is 0 Å². The number of rotatable bonds is 2. The summed E-state index contributed by atoms with van der Waals surface area (Å²) in [6.07, 6.45) is 5.58. The Balaban J connectivity index is 3.98. The van der Waals surface area contributed by atoms with Crippen molar-refractivity contribution < 1.29 is 0 Å². The molecular formula is C8H11B. The van der Waals surface area contributed by atoms with Crippen molar-refractivity contribution in [2.75, 3.05) is 0 Å². The Hall–Kier alpha value is -0.715. The number of allylic oxidation sites excluding steroid dienone is 5. The molecule has 1 heteroatoms. The maximum Gasteiger partial charge on any atom is 0.107 e. The van der Waals surface area contributed by atoms with Crippen LogP contribution in [0.5, 0.6) is 0 Å². The van der Waals surface area contributed by atoms with E-state index in [-0.39, 0.29) is 0 Å². The summed E-state index contributed by atoms with van der Waals surface area (Å²) in [5, 5.41) is 0. The van der Waals surface area contributed by atoms with Crippen LogP contribution in [0.1, 0.15) is 13.8 Å². The zero-order valence-corrected chi connectivity index (χ0v) is 6.02. The van der Waals surface area contributed by atoms with Gasteiger partial charge in [-0.05, 0) is 6.92 Å². The summed E-state index contributed by atoms with van der Waals surface area (Å²) in [6, 6.07) is 0. The maximum atomic E-state index is 5.38. The third-order valence-electron chi connectivity index (χ3n) is 0.931. The van der Waals surface area contributed by atoms with Crippen LogP contribution in [0.2, 0.25) is 0 Å². The molecule has 0 spiro atoms. The van der Waals surface area contributed by atoms with E-state index in [1.54, 1.807) is 6.08 Å². The average molecular weight is 118 g/mol. The Morgan fingerprint density at radius 1 is 1.33 bits per heavy atom. The fraction of sp³-hybridized carbons (Fsp3) is 0.250. The molecule has 0 aromatic carbocycles. The van der Waals surface area contributed by atoms with Gasteiger partial charge < -0.3 is 0 Å². The fourth-order valence-electron chi connectivity index (χ4n) is 0.331. The Morgan fingerprint density at radius 2 is 1.89 bits per heavy atom. The van der Waals surface area contributed by atoms with Crippen LogP contribution in [0.4, 0.5) is 0 Å². The molecule has 0 aromatic heterocycles. The van der Waals surface area contributed by atoms with E-state index in [1.807, 2.05) is 26.0 Å². The minimum Gasteiger partial charge on any atom is -0.121 e. The Morgan fingerprint density at radius 3 is 2.22 bits per heavy atom. The third-order valence-corrected chi connectivity index (χ3v) is 0.931. The molecule has 9 heavy (non-hydrogen) atoms. The molecule has 0 rings (SSSR count). The van der Waals surface area contributed by atoms with Crippen molar-refractivity contribution in [2.45, 2.75) is 13.8 Å². The van der Waals surface area contributed by atoms with Gasteiger partial charge in [-0.15, -0.1) is 5.47 Å². The zero-order chi connectivity index (χ0) is 7.28. The molecule has 0 aliphatic rings. The number of hydrogen-bond donors (Lipinski definition) is 0. The van der Waals surface area contributed by atoms with E-state index in [1.165, 1.54) is 0 Å². The summed E-state index contributed by atoms with van der Waals surface area (Å²) in [5.74, 6) is 0. The second kappa shape index (κ2) is 4.19. The first-order chi connectivity index (χ1) is 4.16. The molecule has 0 atom stereocenters. The molecule has 0 aliphatic heterocycles. The Labute approximate surface area is 58.4 Å². The van der Waals surface area contributed by atoms with Gasteiger partial charge in [0.1, 0.15) is 7.85 Å². The Bertz CT molecular complexity index is 148. The smallest absolute Gasteiger partial charge is 0.107 e. The highest BCUT2D eigenvalue weighted by molar-refractivity contribution is 6.21. The molecule has 0 bridgehead atoms. The van der Waals surface area contributed by atoms with Gasteiger partial charge in [0.05, 0.1) is 0 Å². The van der Waals surface area contributed by atoms with Crippen LogP contribution >= 0.6 is 0 Å². The van der Waals surface area contributed by atoms with Crippen LogP contribution < -0.4 is 0 Å². The van der Waals surface area contributed by atoms with Crippen molar-refractivity contribution in [3.8, 4) is 0 Å². The first-order valence-corrected chi connectivity index (χ1v) is 2.90. The molecule has 0 unspecified atom stereocenters. The molecule has 0 nitrogen and oxygen atoms in total. The van der Waals surface area contributed by atoms with Crippen molar-refractivity contribution in [3.05, 3.63) is 35.9 Å². The molecule has 0 fully saturated rings. The van der Waals surface area contributed by atoms with Gasteiger partial charge in [0.15, 0.2) is 0 Å². The van der Waals surface area contributed by atoms with Gasteiger partial charge in [0, 0.05) is 0 Å². The summed E-state index contributed by atoms with van der Waals surface area (Å²) in [6.45, 7) is 7.43. The lowest BCUT2D eigenvalue weighted by Crippen LogP contribution is -1.69. The van der Waals surface area contributed by atoms with Gasteiger partial charge in [-0.2, -0.15) is 0 Å². The van der Waals surface area contributed by atoms with Gasteiger partial charge >= 0.3 is 0 Å². The molecule has 2 radical (unpaired) electrons. The molecule has 0 saturated carbocycles. The summed E-state index contributed by atoms with van der Waals surface area (Å²) in [5.41, 5.74) is 1.94. The van der Waals surface area contributed by atoms with Crippen molar-refractivity contribution in [3.63, 3.8) is 0 Å². The second-order valence-corrected chi connectivity index (χ2v) is 2.03. The molecule has 0 aromatic rings. The number of hydrogen-bond acceptors (Lipinski definition) is 0. The molecule has 0 heterocycles. The van der Waals surface area contributed by atoms with Crippen LogP contribution in [0, 0.1) is 0 Å². The van der Waals surface area contributed by atoms with E-state index in [0.717, 1.165) is 11.0 Å². The minimum atomic E-state index is 0.816. The highest BCUT2D eigenvalue weighted by atomic mass is 13.8. The predicted octanol–water partition coefficient (Wildman–Crippen LogP) is 2.19. The molecule has 0 saturated heterocycles. The first-order valence-electron chi connectivity index (χ1n) is 2.90. The predicted molar refractivity (Wildman–Crippen MR) is 43.5 cm³/mol. The monoisotopic (exact) mass is 118 g/mol. The highest BCUT2D eigenvalue weighted by Gasteiger charge is 1.74. The SMILES string of the molecule is [B]/C(C)=C/C=C(/C)C=C. The van der Waals surface area contributed by atoms with Crippen molar-refractivity contribution in [1.82, 2.24) is 0 Å². The fourth-order valence-corrected chi connectivity index (χ4v) is 0.331. The zero-order valence-electron chi connectivity index (χ0n) is 6.02. The second-order valence-electron chi connectivity index (χ2n) is 2.03. The van der Waals surface area contributed by atoms with Crippen LogP contribution in [0.15, 0.2) is 35.9 Å². The van der Waals surface area contributed by atoms with E-state index in [4.69, 9.17) is 7.85 Å². The molecule has 0 aliphatic carbocycles. The van der Waals surface area contributed by atoms with E-state index in [0.29, 0.717) is 0 Å². The van der Waals surface area contributed by atoms with Crippen LogP contribution in [-0.4, -0.2) is 7.85 Å². The standard InChI is InChI=1S/C8H11B/c1-4-7(2)5-6-8(3)9/h4-6H,1H2,2-3H3/b7-5-,8-6+. The lowest BCUT2D eigenvalue weighted by atomic mass is 9.97. The van der Waals surface area contributed by atoms with E-state index < -0.39 is 0 Å². The van der Waals surface area contributed by atoms with Gasteiger partial charge in [-0.25, -0.2) is 0 Å². The van der Waals surface area contributed by atoms with E-state index in [2.05, 4.69) is 6.58 Å². The van der Waals surface area contributed by atoms with Crippen LogP contribution in [0.3, 0.4) is 0 Å². The average Bonchev–Trinajstić information content (AvgIpc) is 1.83. The minimum absolute atomic E-state index is 0.816. The van der Waals surface area contributed by atoms with Crippen molar-refractivity contribution in [2.24, 2.45) is 0 Å². The molecule has 0 amide bonds. The quantitative estimate of drug-likeness (QED) is 0.385.